The van der Waals surface area contributed by atoms with Crippen molar-refractivity contribution >= 4 is 37.5 Å². The van der Waals surface area contributed by atoms with Crippen LogP contribution in [-0.4, -0.2) is 32.1 Å². The van der Waals surface area contributed by atoms with Gasteiger partial charge in [-0.25, -0.2) is 13.6 Å². The van der Waals surface area contributed by atoms with Gasteiger partial charge in [0.2, 0.25) is 10.0 Å². The molecular formula is C22H25N3O4S2. The summed E-state index contributed by atoms with van der Waals surface area (Å²) in [5.41, 5.74) is 3.89. The summed E-state index contributed by atoms with van der Waals surface area (Å²) >= 11 is 1.26. The molecule has 3 aromatic rings. The van der Waals surface area contributed by atoms with Gasteiger partial charge in [0.05, 0.1) is 21.7 Å². The van der Waals surface area contributed by atoms with E-state index in [0.717, 1.165) is 24.8 Å². The van der Waals surface area contributed by atoms with E-state index >= 15 is 0 Å². The van der Waals surface area contributed by atoms with Crippen LogP contribution in [0.2, 0.25) is 0 Å². The zero-order chi connectivity index (χ0) is 22.0. The molecule has 0 atom stereocenters. The second-order valence-corrected chi connectivity index (χ2v) is 10.1. The van der Waals surface area contributed by atoms with Crippen LogP contribution in [0.3, 0.4) is 0 Å². The molecule has 9 heteroatoms. The lowest BCUT2D eigenvalue weighted by molar-refractivity contribution is 0.0996. The molecule has 31 heavy (non-hydrogen) atoms. The Kier molecular flexibility index (Phi) is 6.38. The number of aryl methyl sites for hydroxylation is 2. The van der Waals surface area contributed by atoms with Crippen molar-refractivity contribution in [3.63, 3.8) is 0 Å². The first kappa shape index (κ1) is 21.9. The number of primary sulfonamides is 1. The first-order valence-electron chi connectivity index (χ1n) is 10.3. The number of rotatable bonds is 6. The highest BCUT2D eigenvalue weighted by atomic mass is 32.2. The number of thiazole rings is 1. The molecule has 0 radical (unpaired) electrons. The smallest absolute Gasteiger partial charge is 0.279 e. The molecule has 0 saturated carbocycles. The maximum atomic E-state index is 13.0. The van der Waals surface area contributed by atoms with Gasteiger partial charge >= 0.3 is 0 Å². The van der Waals surface area contributed by atoms with Crippen molar-refractivity contribution in [3.05, 3.63) is 57.9 Å². The summed E-state index contributed by atoms with van der Waals surface area (Å²) in [6.07, 6.45) is 4.37. The molecule has 0 saturated heterocycles. The van der Waals surface area contributed by atoms with Gasteiger partial charge in [-0.1, -0.05) is 17.4 Å². The van der Waals surface area contributed by atoms with Crippen molar-refractivity contribution in [1.82, 2.24) is 4.57 Å². The molecule has 0 spiro atoms. The van der Waals surface area contributed by atoms with Crippen LogP contribution in [0.5, 0.6) is 0 Å². The molecule has 1 aliphatic rings. The molecule has 1 aromatic heterocycles. The molecule has 4 rings (SSSR count). The SMILES string of the molecule is CCOCCn1c(=NC(=O)c2ccc3c(c2)CCCC3)sc2cc(S(N)(=O)=O)ccc21. The minimum absolute atomic E-state index is 0.0331. The van der Waals surface area contributed by atoms with Crippen LogP contribution >= 0.6 is 11.3 Å². The molecule has 1 amide bonds. The zero-order valence-corrected chi connectivity index (χ0v) is 19.0. The Hall–Kier alpha value is -2.33. The van der Waals surface area contributed by atoms with Crippen LogP contribution in [0, 0.1) is 0 Å². The van der Waals surface area contributed by atoms with Crippen molar-refractivity contribution < 1.29 is 17.9 Å². The maximum Gasteiger partial charge on any atom is 0.279 e. The highest BCUT2D eigenvalue weighted by Crippen LogP contribution is 2.23. The van der Waals surface area contributed by atoms with Gasteiger partial charge in [-0.05, 0) is 74.1 Å². The molecule has 7 nitrogen and oxygen atoms in total. The summed E-state index contributed by atoms with van der Waals surface area (Å²) in [5, 5.41) is 5.28. The van der Waals surface area contributed by atoms with E-state index in [1.165, 1.54) is 41.0 Å². The average molecular weight is 460 g/mol. The first-order chi connectivity index (χ1) is 14.9. The van der Waals surface area contributed by atoms with Crippen molar-refractivity contribution in [2.24, 2.45) is 10.1 Å². The first-order valence-corrected chi connectivity index (χ1v) is 12.7. The third-order valence-corrected chi connectivity index (χ3v) is 7.39. The number of benzene rings is 2. The molecule has 0 aliphatic heterocycles. The molecule has 2 aromatic carbocycles. The zero-order valence-electron chi connectivity index (χ0n) is 17.3. The topological polar surface area (TPSA) is 104 Å². The fourth-order valence-corrected chi connectivity index (χ4v) is 5.56. The molecule has 0 bridgehead atoms. The van der Waals surface area contributed by atoms with Crippen molar-refractivity contribution in [2.45, 2.75) is 44.0 Å². The van der Waals surface area contributed by atoms with E-state index in [0.29, 0.717) is 34.8 Å². The number of fused-ring (bicyclic) bond motifs is 2. The predicted molar refractivity (Wildman–Crippen MR) is 121 cm³/mol. The Labute approximate surface area is 185 Å². The molecule has 1 aliphatic carbocycles. The number of amides is 1. The predicted octanol–water partition coefficient (Wildman–Crippen LogP) is 3.01. The fourth-order valence-electron chi connectivity index (χ4n) is 3.85. The molecule has 2 N–H and O–H groups in total. The van der Waals surface area contributed by atoms with E-state index in [2.05, 4.69) is 4.99 Å². The van der Waals surface area contributed by atoms with Crippen LogP contribution < -0.4 is 9.94 Å². The molecule has 0 unspecified atom stereocenters. The average Bonchev–Trinajstić information content (AvgIpc) is 3.09. The van der Waals surface area contributed by atoms with E-state index in [-0.39, 0.29) is 10.8 Å². The second-order valence-electron chi connectivity index (χ2n) is 7.52. The van der Waals surface area contributed by atoms with Gasteiger partial charge in [-0.2, -0.15) is 4.99 Å². The summed E-state index contributed by atoms with van der Waals surface area (Å²) in [6.45, 7) is 3.46. The third-order valence-electron chi connectivity index (χ3n) is 5.44. The van der Waals surface area contributed by atoms with Gasteiger partial charge < -0.3 is 9.30 Å². The summed E-state index contributed by atoms with van der Waals surface area (Å²) in [4.78, 5) is 17.9. The fraction of sp³-hybridized carbons (Fsp3) is 0.364. The summed E-state index contributed by atoms with van der Waals surface area (Å²) in [6, 6.07) is 10.5. The summed E-state index contributed by atoms with van der Waals surface area (Å²) in [5.74, 6) is -0.309. The van der Waals surface area contributed by atoms with Gasteiger partial charge in [0, 0.05) is 18.7 Å². The lowest BCUT2D eigenvalue weighted by atomic mass is 9.90. The van der Waals surface area contributed by atoms with Crippen LogP contribution in [-0.2, 0) is 34.1 Å². The van der Waals surface area contributed by atoms with E-state index in [1.807, 2.05) is 29.7 Å². The lowest BCUT2D eigenvalue weighted by Crippen LogP contribution is -2.20. The van der Waals surface area contributed by atoms with Gasteiger partial charge in [-0.15, -0.1) is 0 Å². The van der Waals surface area contributed by atoms with Gasteiger partial charge in [-0.3, -0.25) is 4.79 Å². The number of hydrogen-bond acceptors (Lipinski definition) is 5. The van der Waals surface area contributed by atoms with Gasteiger partial charge in [0.25, 0.3) is 5.91 Å². The number of carbonyl (C=O) groups is 1. The van der Waals surface area contributed by atoms with Crippen LogP contribution in [0.1, 0.15) is 41.3 Å². The number of nitrogens with zero attached hydrogens (tertiary/aromatic N) is 2. The molecule has 164 valence electrons. The van der Waals surface area contributed by atoms with Gasteiger partial charge in [0.15, 0.2) is 4.80 Å². The van der Waals surface area contributed by atoms with Crippen molar-refractivity contribution in [2.75, 3.05) is 13.2 Å². The lowest BCUT2D eigenvalue weighted by Gasteiger charge is -2.15. The summed E-state index contributed by atoms with van der Waals surface area (Å²) in [7, 11) is -3.82. The minimum atomic E-state index is -3.82. The monoisotopic (exact) mass is 459 g/mol. The largest absolute Gasteiger partial charge is 0.380 e. The van der Waals surface area contributed by atoms with Crippen LogP contribution in [0.4, 0.5) is 0 Å². The number of carbonyl (C=O) groups excluding carboxylic acids is 1. The quantitative estimate of drug-likeness (QED) is 0.572. The highest BCUT2D eigenvalue weighted by Gasteiger charge is 2.15. The number of aromatic nitrogens is 1. The van der Waals surface area contributed by atoms with Crippen LogP contribution in [0.15, 0.2) is 46.3 Å². The Morgan fingerprint density at radius 3 is 2.68 bits per heavy atom. The van der Waals surface area contributed by atoms with E-state index < -0.39 is 10.0 Å². The van der Waals surface area contributed by atoms with Crippen molar-refractivity contribution in [3.8, 4) is 0 Å². The van der Waals surface area contributed by atoms with E-state index in [9.17, 15) is 13.2 Å². The third kappa shape index (κ3) is 4.79. The second kappa shape index (κ2) is 9.04. The number of ether oxygens (including phenoxy) is 1. The Bertz CT molecular complexity index is 1310. The van der Waals surface area contributed by atoms with Gasteiger partial charge in [0.1, 0.15) is 0 Å². The molecule has 0 fully saturated rings. The Morgan fingerprint density at radius 2 is 1.94 bits per heavy atom. The van der Waals surface area contributed by atoms with Crippen molar-refractivity contribution in [1.29, 1.82) is 0 Å². The van der Waals surface area contributed by atoms with Crippen LogP contribution in [0.25, 0.3) is 10.2 Å². The Balaban J connectivity index is 1.77. The number of hydrogen-bond donors (Lipinski definition) is 1. The number of sulfonamides is 1. The minimum Gasteiger partial charge on any atom is -0.380 e. The Morgan fingerprint density at radius 1 is 1.16 bits per heavy atom. The maximum absolute atomic E-state index is 13.0. The highest BCUT2D eigenvalue weighted by molar-refractivity contribution is 7.89. The molecule has 1 heterocycles. The van der Waals surface area contributed by atoms with E-state index in [4.69, 9.17) is 9.88 Å². The van der Waals surface area contributed by atoms with E-state index in [1.54, 1.807) is 6.07 Å². The normalized spacial score (nSPS) is 14.7. The summed E-state index contributed by atoms with van der Waals surface area (Å²) < 4.78 is 31.5. The number of nitrogens with two attached hydrogens (primary N) is 1. The standard InChI is InChI=1S/C22H25N3O4S2/c1-2-29-12-11-25-19-10-9-18(31(23,27)28)14-20(19)30-22(25)24-21(26)17-8-7-15-5-3-4-6-16(15)13-17/h7-10,13-14H,2-6,11-12H2,1H3,(H2,23,27,28). The molecular weight excluding hydrogens is 434 g/mol.